The van der Waals surface area contributed by atoms with Gasteiger partial charge in [0.05, 0.1) is 11.8 Å². The summed E-state index contributed by atoms with van der Waals surface area (Å²) in [6.45, 7) is 0. The number of aromatic nitrogens is 3. The smallest absolute Gasteiger partial charge is 0.269 e. The third kappa shape index (κ3) is 2.91. The van der Waals surface area contributed by atoms with Crippen LogP contribution in [0.15, 0.2) is 58.3 Å². The first-order valence-electron chi connectivity index (χ1n) is 7.99. The Balaban J connectivity index is 1.86. The number of hydrogen-bond acceptors (Lipinski definition) is 8. The number of fused-ring (bicyclic) bond motifs is 1. The van der Waals surface area contributed by atoms with Crippen LogP contribution < -0.4 is 5.73 Å². The van der Waals surface area contributed by atoms with Gasteiger partial charge in [-0.1, -0.05) is 24.3 Å². The molecular formula is C18H12N6O3S. The van der Waals surface area contributed by atoms with Crippen molar-refractivity contribution in [3.05, 3.63) is 59.4 Å². The standard InChI is InChI=1S/C18H12N6O3S/c19-17(27)15-13(8-21-24(15)18-20-5-6-28-18)22-23-14-12-4-2-1-3-10(12)7-11(9-25)16(14)26/h1-9,26H,(H2,19,27). The van der Waals surface area contributed by atoms with Gasteiger partial charge in [0.15, 0.2) is 17.7 Å². The first-order chi connectivity index (χ1) is 13.6. The number of phenolic OH excluding ortho intramolecular Hbond substituents is 1. The maximum absolute atomic E-state index is 11.9. The lowest BCUT2D eigenvalue weighted by atomic mass is 10.0. The van der Waals surface area contributed by atoms with Crippen molar-refractivity contribution in [1.29, 1.82) is 0 Å². The number of nitrogens with zero attached hydrogens (tertiary/aromatic N) is 5. The largest absolute Gasteiger partial charge is 0.505 e. The number of benzene rings is 2. The molecule has 0 radical (unpaired) electrons. The number of nitrogens with two attached hydrogens (primary N) is 1. The molecule has 2 heterocycles. The van der Waals surface area contributed by atoms with E-state index in [0.29, 0.717) is 22.2 Å². The quantitative estimate of drug-likeness (QED) is 0.396. The highest BCUT2D eigenvalue weighted by Gasteiger charge is 2.19. The Morgan fingerprint density at radius 2 is 2.11 bits per heavy atom. The minimum absolute atomic E-state index is 0.00837. The Morgan fingerprint density at radius 1 is 1.29 bits per heavy atom. The number of carbonyl (C=O) groups excluding carboxylic acids is 2. The van der Waals surface area contributed by atoms with E-state index < -0.39 is 5.91 Å². The van der Waals surface area contributed by atoms with Crippen molar-refractivity contribution in [2.24, 2.45) is 16.0 Å². The SMILES string of the molecule is NC(=O)c1c(N=Nc2c(O)c(C=O)cc3ccccc23)cnn1-c1nccs1. The summed E-state index contributed by atoms with van der Waals surface area (Å²) in [6.07, 6.45) is 3.44. The van der Waals surface area contributed by atoms with Crippen LogP contribution in [-0.4, -0.2) is 32.1 Å². The highest BCUT2D eigenvalue weighted by Crippen LogP contribution is 2.39. The van der Waals surface area contributed by atoms with E-state index in [1.54, 1.807) is 41.9 Å². The maximum Gasteiger partial charge on any atom is 0.269 e. The Hall–Kier alpha value is -3.92. The van der Waals surface area contributed by atoms with E-state index in [1.807, 2.05) is 0 Å². The molecule has 10 heteroatoms. The number of amides is 1. The summed E-state index contributed by atoms with van der Waals surface area (Å²) in [7, 11) is 0. The molecule has 0 aliphatic rings. The molecule has 0 unspecified atom stereocenters. The topological polar surface area (TPSA) is 136 Å². The minimum atomic E-state index is -0.752. The van der Waals surface area contributed by atoms with Crippen LogP contribution in [0.2, 0.25) is 0 Å². The number of thiazole rings is 1. The fourth-order valence-corrected chi connectivity index (χ4v) is 3.35. The molecule has 0 saturated heterocycles. The van der Waals surface area contributed by atoms with Gasteiger partial charge < -0.3 is 10.8 Å². The van der Waals surface area contributed by atoms with Gasteiger partial charge in [-0.3, -0.25) is 9.59 Å². The summed E-state index contributed by atoms with van der Waals surface area (Å²) in [5, 5.41) is 26.1. The van der Waals surface area contributed by atoms with Crippen LogP contribution in [0, 0.1) is 0 Å². The monoisotopic (exact) mass is 392 g/mol. The number of aromatic hydroxyl groups is 1. The second-order valence-corrected chi connectivity index (χ2v) is 6.54. The van der Waals surface area contributed by atoms with Gasteiger partial charge in [-0.05, 0) is 11.5 Å². The van der Waals surface area contributed by atoms with Gasteiger partial charge in [0.1, 0.15) is 11.4 Å². The third-order valence-electron chi connectivity index (χ3n) is 3.99. The predicted octanol–water partition coefficient (Wildman–Crippen LogP) is 3.51. The molecule has 3 N–H and O–H groups in total. The van der Waals surface area contributed by atoms with E-state index in [4.69, 9.17) is 5.73 Å². The van der Waals surface area contributed by atoms with Crippen LogP contribution in [0.4, 0.5) is 11.4 Å². The first kappa shape index (κ1) is 17.5. The minimum Gasteiger partial charge on any atom is -0.505 e. The molecule has 0 spiro atoms. The average molecular weight is 392 g/mol. The fourth-order valence-electron chi connectivity index (χ4n) is 2.74. The van der Waals surface area contributed by atoms with Crippen molar-refractivity contribution in [2.75, 3.05) is 0 Å². The molecule has 0 atom stereocenters. The summed E-state index contributed by atoms with van der Waals surface area (Å²) in [4.78, 5) is 27.3. The van der Waals surface area contributed by atoms with Crippen molar-refractivity contribution >= 4 is 45.7 Å². The van der Waals surface area contributed by atoms with Crippen molar-refractivity contribution in [3.8, 4) is 10.9 Å². The zero-order valence-electron chi connectivity index (χ0n) is 14.2. The molecule has 2 aromatic heterocycles. The summed E-state index contributed by atoms with van der Waals surface area (Å²) < 4.78 is 1.28. The Morgan fingerprint density at radius 3 is 2.82 bits per heavy atom. The number of rotatable bonds is 5. The zero-order chi connectivity index (χ0) is 19.7. The van der Waals surface area contributed by atoms with Crippen molar-refractivity contribution < 1.29 is 14.7 Å². The number of phenols is 1. The molecule has 0 fully saturated rings. The van der Waals surface area contributed by atoms with Crippen LogP contribution in [0.3, 0.4) is 0 Å². The number of carbonyl (C=O) groups is 2. The lowest BCUT2D eigenvalue weighted by Crippen LogP contribution is -2.16. The van der Waals surface area contributed by atoms with Crippen molar-refractivity contribution in [2.45, 2.75) is 0 Å². The average Bonchev–Trinajstić information content (AvgIpc) is 3.36. The van der Waals surface area contributed by atoms with Gasteiger partial charge in [0.2, 0.25) is 5.13 Å². The Kier molecular flexibility index (Phi) is 4.38. The summed E-state index contributed by atoms with van der Waals surface area (Å²) in [5.74, 6) is -1.05. The molecular weight excluding hydrogens is 380 g/mol. The molecule has 2 aromatic carbocycles. The molecule has 4 rings (SSSR count). The van der Waals surface area contributed by atoms with Crippen LogP contribution >= 0.6 is 11.3 Å². The molecule has 0 aliphatic carbocycles. The second-order valence-electron chi connectivity index (χ2n) is 5.67. The molecule has 28 heavy (non-hydrogen) atoms. The van der Waals surface area contributed by atoms with Crippen LogP contribution in [0.25, 0.3) is 15.9 Å². The molecule has 0 bridgehead atoms. The molecule has 138 valence electrons. The van der Waals surface area contributed by atoms with Crippen LogP contribution in [0.1, 0.15) is 20.8 Å². The van der Waals surface area contributed by atoms with Crippen LogP contribution in [-0.2, 0) is 0 Å². The van der Waals surface area contributed by atoms with E-state index in [-0.39, 0.29) is 28.4 Å². The lowest BCUT2D eigenvalue weighted by molar-refractivity contribution is 0.0993. The van der Waals surface area contributed by atoms with E-state index in [1.165, 1.54) is 22.2 Å². The fraction of sp³-hybridized carbons (Fsp3) is 0. The molecule has 0 saturated carbocycles. The third-order valence-corrected chi connectivity index (χ3v) is 4.74. The highest BCUT2D eigenvalue weighted by atomic mass is 32.1. The summed E-state index contributed by atoms with van der Waals surface area (Å²) in [6, 6.07) is 8.67. The normalized spacial score (nSPS) is 11.3. The molecule has 9 nitrogen and oxygen atoms in total. The van der Waals surface area contributed by atoms with Gasteiger partial charge in [0, 0.05) is 17.0 Å². The lowest BCUT2D eigenvalue weighted by Gasteiger charge is -2.06. The molecule has 1 amide bonds. The van der Waals surface area contributed by atoms with Gasteiger partial charge in [-0.15, -0.1) is 21.6 Å². The van der Waals surface area contributed by atoms with Crippen LogP contribution in [0.5, 0.6) is 5.75 Å². The highest BCUT2D eigenvalue weighted by molar-refractivity contribution is 7.12. The zero-order valence-corrected chi connectivity index (χ0v) is 15.0. The van der Waals surface area contributed by atoms with E-state index in [9.17, 15) is 14.7 Å². The van der Waals surface area contributed by atoms with Gasteiger partial charge in [-0.2, -0.15) is 9.78 Å². The van der Waals surface area contributed by atoms with E-state index in [2.05, 4.69) is 20.3 Å². The number of primary amides is 1. The molecule has 4 aromatic rings. The van der Waals surface area contributed by atoms with Gasteiger partial charge in [-0.25, -0.2) is 4.98 Å². The van der Waals surface area contributed by atoms with Crippen molar-refractivity contribution in [1.82, 2.24) is 14.8 Å². The molecule has 0 aliphatic heterocycles. The second kappa shape index (κ2) is 7.00. The summed E-state index contributed by atoms with van der Waals surface area (Å²) >= 11 is 1.28. The van der Waals surface area contributed by atoms with Gasteiger partial charge >= 0.3 is 0 Å². The predicted molar refractivity (Wildman–Crippen MR) is 103 cm³/mol. The van der Waals surface area contributed by atoms with Crippen molar-refractivity contribution in [3.63, 3.8) is 0 Å². The van der Waals surface area contributed by atoms with E-state index in [0.717, 1.165) is 0 Å². The number of azo groups is 1. The van der Waals surface area contributed by atoms with E-state index >= 15 is 0 Å². The van der Waals surface area contributed by atoms with Gasteiger partial charge in [0.25, 0.3) is 5.91 Å². The maximum atomic E-state index is 11.9. The first-order valence-corrected chi connectivity index (χ1v) is 8.87. The summed E-state index contributed by atoms with van der Waals surface area (Å²) in [5.41, 5.74) is 5.80. The Labute approximate surface area is 161 Å². The number of hydrogen-bond donors (Lipinski definition) is 2. The number of aldehydes is 1. The Bertz CT molecular complexity index is 1230.